The Hall–Kier alpha value is -2.15. The zero-order valence-corrected chi connectivity index (χ0v) is 14.3. The minimum Gasteiger partial charge on any atom is -0.480 e. The summed E-state index contributed by atoms with van der Waals surface area (Å²) in [6.07, 6.45) is 3.85. The van der Waals surface area contributed by atoms with Crippen molar-refractivity contribution in [3.05, 3.63) is 29.6 Å². The van der Waals surface area contributed by atoms with Crippen LogP contribution in [0.5, 0.6) is 0 Å². The Kier molecular flexibility index (Phi) is 5.22. The van der Waals surface area contributed by atoms with Gasteiger partial charge in [-0.05, 0) is 56.2 Å². The van der Waals surface area contributed by atoms with Crippen LogP contribution in [0.2, 0.25) is 0 Å². The van der Waals surface area contributed by atoms with Crippen molar-refractivity contribution in [3.8, 4) is 0 Å². The second kappa shape index (κ2) is 7.39. The molecule has 2 fully saturated rings. The predicted octanol–water partition coefficient (Wildman–Crippen LogP) is 2.58. The summed E-state index contributed by atoms with van der Waals surface area (Å²) in [7, 11) is 0. The number of carboxylic acid groups (broad SMARTS) is 1. The van der Waals surface area contributed by atoms with E-state index in [-0.39, 0.29) is 30.5 Å². The molecule has 3 N–H and O–H groups in total. The molecule has 0 saturated heterocycles. The number of anilines is 1. The summed E-state index contributed by atoms with van der Waals surface area (Å²) in [5, 5.41) is 14.5. The van der Waals surface area contributed by atoms with Crippen LogP contribution in [0.3, 0.4) is 0 Å². The minimum atomic E-state index is -0.809. The molecular formula is C18H24FN3O3. The van der Waals surface area contributed by atoms with E-state index in [1.807, 2.05) is 4.90 Å². The summed E-state index contributed by atoms with van der Waals surface area (Å²) in [5.41, 5.74) is 0.944. The van der Waals surface area contributed by atoms with Crippen molar-refractivity contribution in [2.75, 3.05) is 18.4 Å². The number of amides is 2. The van der Waals surface area contributed by atoms with Gasteiger partial charge in [-0.25, -0.2) is 9.18 Å². The normalized spacial score (nSPS) is 22.4. The number of urea groups is 1. The number of nitrogens with zero attached hydrogens (tertiary/aromatic N) is 1. The lowest BCUT2D eigenvalue weighted by atomic mass is 9.85. The molecule has 7 heteroatoms. The highest BCUT2D eigenvalue weighted by Crippen LogP contribution is 2.33. The molecule has 2 saturated carbocycles. The highest BCUT2D eigenvalue weighted by atomic mass is 19.1. The van der Waals surface area contributed by atoms with Gasteiger partial charge in [0.1, 0.15) is 5.82 Å². The van der Waals surface area contributed by atoms with Crippen molar-refractivity contribution >= 4 is 17.7 Å². The maximum Gasteiger partial charge on any atom is 0.319 e. The number of halogens is 1. The van der Waals surface area contributed by atoms with Gasteiger partial charge in [-0.15, -0.1) is 0 Å². The van der Waals surface area contributed by atoms with Crippen molar-refractivity contribution < 1.29 is 19.1 Å². The first-order valence-corrected chi connectivity index (χ1v) is 8.70. The Morgan fingerprint density at radius 1 is 1.32 bits per heavy atom. The van der Waals surface area contributed by atoms with Crippen LogP contribution in [0.25, 0.3) is 0 Å². The number of aliphatic carboxylic acids is 1. The summed E-state index contributed by atoms with van der Waals surface area (Å²) in [4.78, 5) is 25.0. The number of hydrogen-bond acceptors (Lipinski definition) is 3. The summed E-state index contributed by atoms with van der Waals surface area (Å²) in [5.74, 6) is -0.534. The molecule has 0 bridgehead atoms. The van der Waals surface area contributed by atoms with Crippen LogP contribution in [0.4, 0.5) is 14.9 Å². The van der Waals surface area contributed by atoms with Crippen molar-refractivity contribution in [1.82, 2.24) is 10.2 Å². The average Bonchev–Trinajstić information content (AvgIpc) is 3.29. The number of carboxylic acids is 1. The molecule has 2 amide bonds. The lowest BCUT2D eigenvalue weighted by molar-refractivity contribution is -0.139. The molecule has 6 nitrogen and oxygen atoms in total. The van der Waals surface area contributed by atoms with E-state index < -0.39 is 5.97 Å². The molecule has 136 valence electrons. The molecule has 0 radical (unpaired) electrons. The van der Waals surface area contributed by atoms with E-state index in [0.29, 0.717) is 17.2 Å². The first-order valence-electron chi connectivity index (χ1n) is 8.70. The van der Waals surface area contributed by atoms with Crippen molar-refractivity contribution in [3.63, 3.8) is 0 Å². The number of rotatable bonds is 7. The quantitative estimate of drug-likeness (QED) is 0.707. The summed E-state index contributed by atoms with van der Waals surface area (Å²) < 4.78 is 13.5. The third-order valence-corrected chi connectivity index (χ3v) is 4.92. The average molecular weight is 349 g/mol. The van der Waals surface area contributed by atoms with E-state index in [1.54, 1.807) is 19.1 Å². The molecule has 2 aliphatic rings. The van der Waals surface area contributed by atoms with Crippen molar-refractivity contribution in [2.24, 2.45) is 5.92 Å². The SMILES string of the molecule is Cc1ccc(NC(=O)NC2CC(N(CC(=O)O)CC3CC3)C2)cc1F. The largest absolute Gasteiger partial charge is 0.480 e. The topological polar surface area (TPSA) is 81.7 Å². The number of carbonyl (C=O) groups is 2. The van der Waals surface area contributed by atoms with Crippen LogP contribution in [-0.4, -0.2) is 47.2 Å². The van der Waals surface area contributed by atoms with Gasteiger partial charge in [0.2, 0.25) is 0 Å². The Morgan fingerprint density at radius 2 is 2.04 bits per heavy atom. The molecule has 0 aromatic heterocycles. The van der Waals surface area contributed by atoms with Gasteiger partial charge in [-0.1, -0.05) is 6.07 Å². The van der Waals surface area contributed by atoms with Gasteiger partial charge in [0, 0.05) is 24.3 Å². The molecule has 1 aromatic rings. The monoisotopic (exact) mass is 349 g/mol. The van der Waals surface area contributed by atoms with E-state index in [1.165, 1.54) is 18.9 Å². The first kappa shape index (κ1) is 17.7. The van der Waals surface area contributed by atoms with Crippen LogP contribution in [0.15, 0.2) is 18.2 Å². The smallest absolute Gasteiger partial charge is 0.319 e. The van der Waals surface area contributed by atoms with Crippen LogP contribution in [-0.2, 0) is 4.79 Å². The van der Waals surface area contributed by atoms with Crippen LogP contribution in [0, 0.1) is 18.7 Å². The van der Waals surface area contributed by atoms with Crippen molar-refractivity contribution in [1.29, 1.82) is 0 Å². The highest BCUT2D eigenvalue weighted by molar-refractivity contribution is 5.89. The fourth-order valence-corrected chi connectivity index (χ4v) is 3.18. The summed E-state index contributed by atoms with van der Waals surface area (Å²) in [6, 6.07) is 4.44. The lowest BCUT2D eigenvalue weighted by Gasteiger charge is -2.42. The molecule has 25 heavy (non-hydrogen) atoms. The Morgan fingerprint density at radius 3 is 2.64 bits per heavy atom. The molecule has 3 rings (SSSR count). The van der Waals surface area contributed by atoms with E-state index in [2.05, 4.69) is 10.6 Å². The number of carbonyl (C=O) groups excluding carboxylic acids is 1. The van der Waals surface area contributed by atoms with E-state index in [9.17, 15) is 14.0 Å². The summed E-state index contributed by atoms with van der Waals surface area (Å²) >= 11 is 0. The van der Waals surface area contributed by atoms with Gasteiger partial charge in [-0.3, -0.25) is 9.69 Å². The van der Waals surface area contributed by atoms with Gasteiger partial charge in [-0.2, -0.15) is 0 Å². The fraction of sp³-hybridized carbons (Fsp3) is 0.556. The van der Waals surface area contributed by atoms with Crippen LogP contribution < -0.4 is 10.6 Å². The third kappa shape index (κ3) is 4.92. The second-order valence-electron chi connectivity index (χ2n) is 7.15. The molecule has 0 aliphatic heterocycles. The van der Waals surface area contributed by atoms with E-state index >= 15 is 0 Å². The predicted molar refractivity (Wildman–Crippen MR) is 92.0 cm³/mol. The van der Waals surface area contributed by atoms with E-state index in [0.717, 1.165) is 19.4 Å². The molecular weight excluding hydrogens is 325 g/mol. The highest BCUT2D eigenvalue weighted by Gasteiger charge is 2.37. The summed E-state index contributed by atoms with van der Waals surface area (Å²) in [6.45, 7) is 2.56. The lowest BCUT2D eigenvalue weighted by Crippen LogP contribution is -2.55. The standard InChI is InChI=1S/C18H24FN3O3/c1-11-2-5-13(8-16(11)19)20-18(25)21-14-6-15(7-14)22(10-17(23)24)9-12-3-4-12/h2,5,8,12,14-15H,3-4,6-7,9-10H2,1H3,(H,23,24)(H2,20,21,25). The number of nitrogens with one attached hydrogen (secondary N) is 2. The number of hydrogen-bond donors (Lipinski definition) is 3. The Labute approximate surface area is 146 Å². The minimum absolute atomic E-state index is 0.0239. The fourth-order valence-electron chi connectivity index (χ4n) is 3.18. The molecule has 2 aliphatic carbocycles. The van der Waals surface area contributed by atoms with Crippen LogP contribution in [0.1, 0.15) is 31.2 Å². The number of benzene rings is 1. The third-order valence-electron chi connectivity index (χ3n) is 4.92. The molecule has 1 aromatic carbocycles. The zero-order valence-electron chi connectivity index (χ0n) is 14.3. The Bertz CT molecular complexity index is 657. The van der Waals surface area contributed by atoms with Gasteiger partial charge < -0.3 is 15.7 Å². The van der Waals surface area contributed by atoms with Gasteiger partial charge in [0.25, 0.3) is 0 Å². The Balaban J connectivity index is 1.44. The first-order chi connectivity index (χ1) is 11.9. The molecule has 0 unspecified atom stereocenters. The zero-order chi connectivity index (χ0) is 18.0. The van der Waals surface area contributed by atoms with Gasteiger partial charge in [0.15, 0.2) is 0 Å². The molecule has 0 spiro atoms. The maximum absolute atomic E-state index is 13.5. The van der Waals surface area contributed by atoms with Gasteiger partial charge in [0.05, 0.1) is 6.54 Å². The van der Waals surface area contributed by atoms with Crippen molar-refractivity contribution in [2.45, 2.75) is 44.7 Å². The molecule has 0 heterocycles. The van der Waals surface area contributed by atoms with Gasteiger partial charge >= 0.3 is 12.0 Å². The maximum atomic E-state index is 13.5. The number of aryl methyl sites for hydroxylation is 1. The second-order valence-corrected chi connectivity index (χ2v) is 7.15. The van der Waals surface area contributed by atoms with Crippen LogP contribution >= 0.6 is 0 Å². The van der Waals surface area contributed by atoms with E-state index in [4.69, 9.17) is 5.11 Å². The molecule has 0 atom stereocenters.